The maximum absolute atomic E-state index is 12.6. The number of hydrogen-bond donors (Lipinski definition) is 1. The second-order valence-corrected chi connectivity index (χ2v) is 24.8. The van der Waals surface area contributed by atoms with E-state index in [1.165, 1.54) is 22.7 Å². The molecule has 0 saturated carbocycles. The molecule has 0 saturated heterocycles. The lowest BCUT2D eigenvalue weighted by Gasteiger charge is -2.26. The molecule has 23 heteroatoms. The number of ether oxygens (including phenoxy) is 2. The molecule has 0 spiro atoms. The van der Waals surface area contributed by atoms with E-state index in [1.54, 1.807) is 40.7 Å². The number of aliphatic hydroxyl groups excluding tert-OH is 1. The monoisotopic (exact) mass is 972 g/mol. The molecule has 0 aliphatic carbocycles. The molecule has 2 unspecified atom stereocenters. The summed E-state index contributed by atoms with van der Waals surface area (Å²) in [6, 6.07) is 22.6. The Morgan fingerprint density at radius 2 is 1.11 bits per heavy atom. The van der Waals surface area contributed by atoms with Crippen LogP contribution in [-0.4, -0.2) is 86.7 Å². The highest BCUT2D eigenvalue weighted by atomic mass is 35.7. The summed E-state index contributed by atoms with van der Waals surface area (Å²) in [4.78, 5) is 24.6. The minimum absolute atomic E-state index is 0. The van der Waals surface area contributed by atoms with Crippen molar-refractivity contribution in [3.05, 3.63) is 95.7 Å². The Hall–Kier alpha value is -4.03. The van der Waals surface area contributed by atoms with E-state index in [0.29, 0.717) is 11.4 Å². The van der Waals surface area contributed by atoms with Gasteiger partial charge in [-0.25, -0.2) is 19.0 Å². The average molecular weight is 973 g/mol. The Morgan fingerprint density at radius 3 is 1.48 bits per heavy atom. The number of benzene rings is 2. The first-order valence-electron chi connectivity index (χ1n) is 17.8. The molecule has 6 rings (SSSR count). The van der Waals surface area contributed by atoms with Crippen LogP contribution in [0, 0.1) is 13.8 Å². The van der Waals surface area contributed by atoms with E-state index in [2.05, 4.69) is 26.5 Å². The topological polar surface area (TPSA) is 136 Å². The number of halogens is 7. The number of hydrogen-bond acceptors (Lipinski definition) is 12. The Labute approximate surface area is 369 Å². The lowest BCUT2D eigenvalue weighted by Crippen LogP contribution is -2.24. The van der Waals surface area contributed by atoms with Gasteiger partial charge < -0.3 is 28.2 Å². The van der Waals surface area contributed by atoms with Gasteiger partial charge in [-0.3, -0.25) is 0 Å². The predicted molar refractivity (Wildman–Crippen MR) is 232 cm³/mol. The SMILES string of the molecule is C.CP(=S)(Cl)OCC(F)(F)F.Cc1cc(-c2ccccc2)nn1C1=C(O)C(C)(C)OC1=O.Cc1cc(-c2ccccc2)nn1C1=C(OP(C)(=S)OCC(F)(F)F)C(C)(C)OC1=O. The highest BCUT2D eigenvalue weighted by molar-refractivity contribution is 8.24. The van der Waals surface area contributed by atoms with E-state index in [-0.39, 0.29) is 30.3 Å². The van der Waals surface area contributed by atoms with E-state index in [4.69, 9.17) is 41.6 Å². The van der Waals surface area contributed by atoms with Gasteiger partial charge >= 0.3 is 24.3 Å². The lowest BCUT2D eigenvalue weighted by molar-refractivity contribution is -0.153. The van der Waals surface area contributed by atoms with Crippen LogP contribution in [0.3, 0.4) is 0 Å². The van der Waals surface area contributed by atoms with Crippen molar-refractivity contribution in [3.8, 4) is 22.5 Å². The Balaban J connectivity index is 0.000000277. The number of aryl methyl sites for hydroxylation is 2. The summed E-state index contributed by atoms with van der Waals surface area (Å²) < 4.78 is 99.8. The fraction of sp³-hybridized carbons (Fsp3) is 0.385. The highest BCUT2D eigenvalue weighted by Crippen LogP contribution is 2.53. The van der Waals surface area contributed by atoms with Crippen molar-refractivity contribution in [3.63, 3.8) is 0 Å². The number of carbonyl (C=O) groups excluding carboxylic acids is 2. The van der Waals surface area contributed by atoms with Gasteiger partial charge in [0.05, 0.1) is 11.4 Å². The van der Waals surface area contributed by atoms with E-state index in [1.807, 2.05) is 73.7 Å². The summed E-state index contributed by atoms with van der Waals surface area (Å²) in [7, 11) is 0. The van der Waals surface area contributed by atoms with Gasteiger partial charge in [0.25, 0.3) is 0 Å². The van der Waals surface area contributed by atoms with Gasteiger partial charge in [0.2, 0.25) is 6.49 Å². The van der Waals surface area contributed by atoms with Gasteiger partial charge in [0, 0.05) is 35.8 Å². The first-order valence-corrected chi connectivity index (χ1v) is 24.9. The smallest absolute Gasteiger partial charge is 0.412 e. The maximum atomic E-state index is 12.6. The molecular weight excluding hydrogens is 928 g/mol. The molecule has 4 aromatic rings. The number of aromatic nitrogens is 4. The van der Waals surface area contributed by atoms with Crippen molar-refractivity contribution >= 4 is 70.3 Å². The molecule has 4 heterocycles. The Morgan fingerprint density at radius 1 is 0.726 bits per heavy atom. The summed E-state index contributed by atoms with van der Waals surface area (Å²) in [6.07, 6.45) is -8.89. The number of esters is 2. The molecule has 0 fully saturated rings. The zero-order valence-corrected chi connectivity index (χ0v) is 38.0. The van der Waals surface area contributed by atoms with Gasteiger partial charge in [-0.1, -0.05) is 91.1 Å². The third-order valence-electron chi connectivity index (χ3n) is 8.16. The van der Waals surface area contributed by atoms with Crippen LogP contribution in [0.15, 0.2) is 84.3 Å². The molecule has 2 aromatic carbocycles. The van der Waals surface area contributed by atoms with Crippen LogP contribution in [0.4, 0.5) is 26.3 Å². The van der Waals surface area contributed by atoms with Crippen molar-refractivity contribution in [2.75, 3.05) is 26.5 Å². The summed E-state index contributed by atoms with van der Waals surface area (Å²) in [5.41, 5.74) is -0.391. The fourth-order valence-corrected chi connectivity index (χ4v) is 7.54. The van der Waals surface area contributed by atoms with Crippen molar-refractivity contribution in [2.45, 2.75) is 72.5 Å². The third kappa shape index (κ3) is 14.2. The van der Waals surface area contributed by atoms with Crippen LogP contribution in [0.5, 0.6) is 0 Å². The lowest BCUT2D eigenvalue weighted by atomic mass is 10.1. The van der Waals surface area contributed by atoms with E-state index in [0.717, 1.165) is 22.5 Å². The van der Waals surface area contributed by atoms with E-state index >= 15 is 0 Å². The molecule has 340 valence electrons. The first-order chi connectivity index (χ1) is 27.9. The second kappa shape index (κ2) is 19.8. The maximum Gasteiger partial charge on any atom is 0.412 e. The predicted octanol–water partition coefficient (Wildman–Crippen LogP) is 11.2. The average Bonchev–Trinajstić information content (AvgIpc) is 3.82. The van der Waals surface area contributed by atoms with Crippen LogP contribution in [0.25, 0.3) is 33.9 Å². The van der Waals surface area contributed by atoms with Crippen molar-refractivity contribution in [1.29, 1.82) is 0 Å². The molecule has 2 aromatic heterocycles. The minimum atomic E-state index is -4.55. The number of cyclic esters (lactones) is 2. The van der Waals surface area contributed by atoms with Gasteiger partial charge in [-0.2, -0.15) is 36.5 Å². The quantitative estimate of drug-likeness (QED) is 0.0920. The molecule has 1 N–H and O–H groups in total. The number of carbonyl (C=O) groups is 2. The zero-order chi connectivity index (χ0) is 45.9. The first kappa shape index (κ1) is 52.3. The van der Waals surface area contributed by atoms with Gasteiger partial charge in [-0.05, 0) is 65.5 Å². The summed E-state index contributed by atoms with van der Waals surface area (Å²) in [5, 5.41) is 19.1. The van der Waals surface area contributed by atoms with Gasteiger partial charge in [0.15, 0.2) is 40.7 Å². The van der Waals surface area contributed by atoms with Crippen molar-refractivity contribution in [1.82, 2.24) is 19.6 Å². The summed E-state index contributed by atoms with van der Waals surface area (Å²) >= 11 is 14.8. The summed E-state index contributed by atoms with van der Waals surface area (Å²) in [6.45, 7) is 6.23. The standard InChI is InChI=1S/C19H20F3N2O4PS.C16H16N2O3.C3H5ClF3OPS.CH4/c1-12-10-14(13-8-6-5-7-9-13)23-24(12)15-16(18(2,3)27-17(15)25)28-29(4,30)26-11-19(20,21)22;1-10-9-12(11-7-5-4-6-8-11)17-18(10)13-14(19)16(2,3)21-15(13)20;1-9(4,10)8-2-3(5,6)7;/h5-10H,11H2,1-4H3;4-9,19H,1-3H3;2H2,1H3;1H4. The molecule has 2 aliphatic rings. The number of aliphatic hydroxyl groups is 1. The number of alkyl halides is 6. The van der Waals surface area contributed by atoms with Crippen LogP contribution < -0.4 is 0 Å². The molecule has 0 amide bonds. The normalized spacial score (nSPS) is 17.7. The van der Waals surface area contributed by atoms with E-state index in [9.17, 15) is 41.0 Å². The highest BCUT2D eigenvalue weighted by Gasteiger charge is 2.47. The molecule has 12 nitrogen and oxygen atoms in total. The zero-order valence-electron chi connectivity index (χ0n) is 33.8. The largest absolute Gasteiger partial charge is 0.506 e. The number of rotatable bonds is 10. The van der Waals surface area contributed by atoms with Gasteiger partial charge in [0.1, 0.15) is 12.2 Å². The molecule has 0 bridgehead atoms. The van der Waals surface area contributed by atoms with E-state index < -0.39 is 60.8 Å². The number of nitrogens with zero attached hydrogens (tertiary/aromatic N) is 4. The van der Waals surface area contributed by atoms with Crippen molar-refractivity contribution in [2.24, 2.45) is 0 Å². The summed E-state index contributed by atoms with van der Waals surface area (Å²) in [5.74, 6) is -1.39. The van der Waals surface area contributed by atoms with Crippen molar-refractivity contribution < 1.29 is 64.1 Å². The van der Waals surface area contributed by atoms with Crippen LogP contribution in [0.1, 0.15) is 46.5 Å². The molecule has 62 heavy (non-hydrogen) atoms. The Bertz CT molecular complexity index is 2420. The third-order valence-corrected chi connectivity index (χ3v) is 11.0. The molecule has 2 atom stereocenters. The molecule has 0 radical (unpaired) electrons. The second-order valence-electron chi connectivity index (χ2n) is 14.5. The minimum Gasteiger partial charge on any atom is -0.506 e. The van der Waals surface area contributed by atoms with Crippen LogP contribution >= 0.6 is 23.3 Å². The van der Waals surface area contributed by atoms with Gasteiger partial charge in [-0.15, -0.1) is 0 Å². The van der Waals surface area contributed by atoms with Crippen LogP contribution in [0.2, 0.25) is 0 Å². The fourth-order valence-electron chi connectivity index (χ4n) is 5.41. The Kier molecular flexibility index (Phi) is 16.7. The molecular formula is C39H45ClF6N4O8P2S2. The van der Waals surface area contributed by atoms with Crippen LogP contribution in [-0.2, 0) is 56.2 Å². The molecule has 2 aliphatic heterocycles.